The van der Waals surface area contributed by atoms with E-state index < -0.39 is 5.97 Å². The molecule has 0 bridgehead atoms. The number of likely N-dealkylation sites (tertiary alicyclic amines) is 1. The van der Waals surface area contributed by atoms with Crippen molar-refractivity contribution in [1.29, 1.82) is 0 Å². The molecule has 24 heavy (non-hydrogen) atoms. The number of carbonyl (C=O) groups excluding carboxylic acids is 1. The zero-order valence-electron chi connectivity index (χ0n) is 14.4. The third-order valence-corrected chi connectivity index (χ3v) is 4.35. The largest absolute Gasteiger partial charge is 0.494 e. The van der Waals surface area contributed by atoms with Crippen LogP contribution in [0.2, 0.25) is 0 Å². The number of hydrogen-bond acceptors (Lipinski definition) is 4. The van der Waals surface area contributed by atoms with Gasteiger partial charge < -0.3 is 14.7 Å². The molecule has 2 rings (SSSR count). The molecule has 1 aliphatic heterocycles. The summed E-state index contributed by atoms with van der Waals surface area (Å²) in [4.78, 5) is 24.9. The fourth-order valence-corrected chi connectivity index (χ4v) is 2.94. The van der Waals surface area contributed by atoms with Gasteiger partial charge in [0.05, 0.1) is 13.2 Å². The summed E-state index contributed by atoms with van der Waals surface area (Å²) < 4.78 is 5.41. The lowest BCUT2D eigenvalue weighted by Crippen LogP contribution is -2.47. The first-order valence-corrected chi connectivity index (χ1v) is 8.38. The Morgan fingerprint density at radius 2 is 2.04 bits per heavy atom. The Labute approximate surface area is 142 Å². The molecule has 1 amide bonds. The number of rotatable bonds is 8. The number of benzene rings is 1. The fourth-order valence-electron chi connectivity index (χ4n) is 2.94. The zero-order chi connectivity index (χ0) is 17.6. The Bertz CT molecular complexity index is 573. The maximum Gasteiger partial charge on any atom is 0.317 e. The highest BCUT2D eigenvalue weighted by Gasteiger charge is 2.35. The molecule has 6 heteroatoms. The molecule has 1 heterocycles. The molecular weight excluding hydrogens is 308 g/mol. The predicted molar refractivity (Wildman–Crippen MR) is 91.2 cm³/mol. The molecule has 1 fully saturated rings. The minimum absolute atomic E-state index is 0.0787. The van der Waals surface area contributed by atoms with Crippen LogP contribution in [0.1, 0.15) is 32.3 Å². The number of aryl methyl sites for hydroxylation is 1. The number of amides is 1. The van der Waals surface area contributed by atoms with E-state index in [1.54, 1.807) is 0 Å². The molecule has 0 aromatic heterocycles. The molecule has 132 valence electrons. The Morgan fingerprint density at radius 3 is 2.67 bits per heavy atom. The van der Waals surface area contributed by atoms with Gasteiger partial charge in [0.15, 0.2) is 0 Å². The van der Waals surface area contributed by atoms with E-state index in [2.05, 4.69) is 5.32 Å². The van der Waals surface area contributed by atoms with Gasteiger partial charge in [-0.15, -0.1) is 0 Å². The van der Waals surface area contributed by atoms with Crippen molar-refractivity contribution in [3.05, 3.63) is 29.8 Å². The number of ether oxygens (including phenoxy) is 1. The monoisotopic (exact) mass is 334 g/mol. The van der Waals surface area contributed by atoms with Gasteiger partial charge in [-0.2, -0.15) is 0 Å². The smallest absolute Gasteiger partial charge is 0.317 e. The normalized spacial score (nSPS) is 20.2. The maximum atomic E-state index is 12.4. The van der Waals surface area contributed by atoms with Crippen molar-refractivity contribution < 1.29 is 19.4 Å². The van der Waals surface area contributed by atoms with Gasteiger partial charge in [-0.1, -0.05) is 12.1 Å². The highest BCUT2D eigenvalue weighted by atomic mass is 16.5. The summed E-state index contributed by atoms with van der Waals surface area (Å²) in [6.45, 7) is 5.71. The molecule has 1 aliphatic rings. The third-order valence-electron chi connectivity index (χ3n) is 4.35. The molecule has 6 nitrogen and oxygen atoms in total. The van der Waals surface area contributed by atoms with Gasteiger partial charge >= 0.3 is 5.97 Å². The van der Waals surface area contributed by atoms with Crippen molar-refractivity contribution in [3.8, 4) is 5.75 Å². The molecule has 2 N–H and O–H groups in total. The van der Waals surface area contributed by atoms with Crippen LogP contribution in [-0.2, 0) is 16.0 Å². The highest BCUT2D eigenvalue weighted by molar-refractivity contribution is 5.77. The van der Waals surface area contributed by atoms with Crippen LogP contribution in [0.25, 0.3) is 0 Å². The van der Waals surface area contributed by atoms with Crippen LogP contribution in [0.3, 0.4) is 0 Å². The van der Waals surface area contributed by atoms with E-state index in [1.807, 2.05) is 43.0 Å². The summed E-state index contributed by atoms with van der Waals surface area (Å²) >= 11 is 0. The van der Waals surface area contributed by atoms with Crippen molar-refractivity contribution in [2.24, 2.45) is 0 Å². The number of carbonyl (C=O) groups is 2. The second kappa shape index (κ2) is 8.15. The summed E-state index contributed by atoms with van der Waals surface area (Å²) in [6.07, 6.45) is 1.93. The van der Waals surface area contributed by atoms with Gasteiger partial charge in [0.25, 0.3) is 0 Å². The number of hydrogen-bond donors (Lipinski definition) is 2. The Kier molecular flexibility index (Phi) is 6.20. The summed E-state index contributed by atoms with van der Waals surface area (Å²) in [5.74, 6) is 0.0774. The van der Waals surface area contributed by atoms with E-state index in [4.69, 9.17) is 9.84 Å². The minimum Gasteiger partial charge on any atom is -0.494 e. The van der Waals surface area contributed by atoms with Gasteiger partial charge in [0.2, 0.25) is 5.91 Å². The number of carboxylic acid groups (broad SMARTS) is 1. The number of carboxylic acids is 1. The lowest BCUT2D eigenvalue weighted by Gasteiger charge is -2.25. The van der Waals surface area contributed by atoms with Gasteiger partial charge in [-0.05, 0) is 44.4 Å². The summed E-state index contributed by atoms with van der Waals surface area (Å²) in [5, 5.41) is 11.8. The molecule has 1 aromatic rings. The SMILES string of the molecule is CCOc1ccc(CCC(=O)N2CC[C@@](C)(NCC(=O)O)C2)cc1. The Balaban J connectivity index is 1.79. The zero-order valence-corrected chi connectivity index (χ0v) is 14.4. The lowest BCUT2D eigenvalue weighted by atomic mass is 10.0. The summed E-state index contributed by atoms with van der Waals surface area (Å²) in [6, 6.07) is 7.82. The first-order chi connectivity index (χ1) is 11.4. The van der Waals surface area contributed by atoms with E-state index in [-0.39, 0.29) is 18.0 Å². The second-order valence-electron chi connectivity index (χ2n) is 6.45. The number of nitrogens with zero attached hydrogens (tertiary/aromatic N) is 1. The highest BCUT2D eigenvalue weighted by Crippen LogP contribution is 2.22. The first kappa shape index (κ1) is 18.3. The quantitative estimate of drug-likeness (QED) is 0.756. The van der Waals surface area contributed by atoms with Crippen LogP contribution in [0.5, 0.6) is 5.75 Å². The average Bonchev–Trinajstić information content (AvgIpc) is 2.95. The van der Waals surface area contributed by atoms with Crippen LogP contribution in [0.4, 0.5) is 0 Å². The van der Waals surface area contributed by atoms with E-state index in [9.17, 15) is 9.59 Å². The predicted octanol–water partition coefficient (Wildman–Crippen LogP) is 1.68. The molecule has 1 saturated heterocycles. The fraction of sp³-hybridized carbons (Fsp3) is 0.556. The van der Waals surface area contributed by atoms with Gasteiger partial charge in [0.1, 0.15) is 5.75 Å². The molecule has 0 unspecified atom stereocenters. The molecule has 0 radical (unpaired) electrons. The van der Waals surface area contributed by atoms with Gasteiger partial charge in [0, 0.05) is 25.0 Å². The van der Waals surface area contributed by atoms with Crippen LogP contribution in [0.15, 0.2) is 24.3 Å². The lowest BCUT2D eigenvalue weighted by molar-refractivity contribution is -0.136. The van der Waals surface area contributed by atoms with Crippen LogP contribution < -0.4 is 10.1 Å². The summed E-state index contributed by atoms with van der Waals surface area (Å²) in [5.41, 5.74) is 0.797. The third kappa shape index (κ3) is 5.23. The van der Waals surface area contributed by atoms with Crippen LogP contribution in [0, 0.1) is 0 Å². The Hall–Kier alpha value is -2.08. The van der Waals surface area contributed by atoms with Crippen molar-refractivity contribution in [3.63, 3.8) is 0 Å². The van der Waals surface area contributed by atoms with Crippen LogP contribution in [-0.4, -0.2) is 53.7 Å². The van der Waals surface area contributed by atoms with E-state index in [1.165, 1.54) is 0 Å². The minimum atomic E-state index is -0.878. The Morgan fingerprint density at radius 1 is 1.33 bits per heavy atom. The van der Waals surface area contributed by atoms with E-state index in [0.29, 0.717) is 32.5 Å². The van der Waals surface area contributed by atoms with Gasteiger partial charge in [-0.3, -0.25) is 14.9 Å². The summed E-state index contributed by atoms with van der Waals surface area (Å²) in [7, 11) is 0. The topological polar surface area (TPSA) is 78.9 Å². The van der Waals surface area contributed by atoms with Crippen molar-refractivity contribution in [2.45, 2.75) is 38.6 Å². The van der Waals surface area contributed by atoms with E-state index in [0.717, 1.165) is 17.7 Å². The molecule has 0 spiro atoms. The van der Waals surface area contributed by atoms with Gasteiger partial charge in [-0.25, -0.2) is 0 Å². The number of aliphatic carboxylic acids is 1. The first-order valence-electron chi connectivity index (χ1n) is 8.38. The molecular formula is C18H26N2O4. The van der Waals surface area contributed by atoms with E-state index >= 15 is 0 Å². The number of nitrogens with one attached hydrogen (secondary N) is 1. The van der Waals surface area contributed by atoms with Crippen molar-refractivity contribution in [1.82, 2.24) is 10.2 Å². The second-order valence-corrected chi connectivity index (χ2v) is 6.45. The van der Waals surface area contributed by atoms with Crippen LogP contribution >= 0.6 is 0 Å². The molecule has 0 saturated carbocycles. The van der Waals surface area contributed by atoms with Crippen molar-refractivity contribution in [2.75, 3.05) is 26.2 Å². The standard InChI is InChI=1S/C18H26N2O4/c1-3-24-15-7-4-14(5-8-15)6-9-16(21)20-11-10-18(2,13-20)19-12-17(22)23/h4-5,7-8,19H,3,6,9-13H2,1-2H3,(H,22,23)/t18-/m1/s1. The molecule has 0 aliphatic carbocycles. The molecule has 1 atom stereocenters. The average molecular weight is 334 g/mol. The molecule has 1 aromatic carbocycles. The van der Waals surface area contributed by atoms with Crippen molar-refractivity contribution >= 4 is 11.9 Å². The maximum absolute atomic E-state index is 12.4.